The number of carbonyl (C=O) groups excluding carboxylic acids is 1. The molecule has 0 aromatic carbocycles. The molecule has 0 radical (unpaired) electrons. The Balaban J connectivity index is 1.26. The van der Waals surface area contributed by atoms with Crippen LogP contribution in [0, 0.1) is 23.2 Å². The van der Waals surface area contributed by atoms with Crippen molar-refractivity contribution >= 4 is 40.8 Å². The summed E-state index contributed by atoms with van der Waals surface area (Å²) in [5, 5.41) is 11.7. The Bertz CT molecular complexity index is 682. The molecule has 0 saturated heterocycles. The summed E-state index contributed by atoms with van der Waals surface area (Å²) >= 11 is 4.72. The maximum absolute atomic E-state index is 12.5. The van der Waals surface area contributed by atoms with E-state index in [1.165, 1.54) is 50.3 Å². The van der Waals surface area contributed by atoms with Crippen LogP contribution in [0.3, 0.4) is 0 Å². The standard InChI is InChI=1S/C20H29N3OS3/c1-12(2)10-25-18-22-23-19(27-18)26-11-17(24)21-13(3)20-7-14-4-15(8-20)6-16(5-14)9-20/h13-16H,1,4-11H2,2-3H3,(H,21,24)/t13-,14?,15?,16?,20?/m0/s1. The molecule has 1 N–H and O–H groups in total. The van der Waals surface area contributed by atoms with Gasteiger partial charge in [0.15, 0.2) is 8.68 Å². The van der Waals surface area contributed by atoms with Gasteiger partial charge in [-0.3, -0.25) is 4.79 Å². The molecule has 1 aromatic rings. The van der Waals surface area contributed by atoms with E-state index in [2.05, 4.69) is 29.0 Å². The summed E-state index contributed by atoms with van der Waals surface area (Å²) in [6, 6.07) is 0.287. The van der Waals surface area contributed by atoms with Crippen LogP contribution in [0.2, 0.25) is 0 Å². The van der Waals surface area contributed by atoms with E-state index in [9.17, 15) is 4.79 Å². The van der Waals surface area contributed by atoms with Crippen LogP contribution in [0.15, 0.2) is 20.8 Å². The summed E-state index contributed by atoms with van der Waals surface area (Å²) in [6.07, 6.45) is 8.31. The highest BCUT2D eigenvalue weighted by atomic mass is 32.2. The maximum atomic E-state index is 12.5. The minimum absolute atomic E-state index is 0.134. The fourth-order valence-corrected chi connectivity index (χ4v) is 8.44. The van der Waals surface area contributed by atoms with E-state index in [1.54, 1.807) is 23.1 Å². The van der Waals surface area contributed by atoms with Crippen molar-refractivity contribution in [2.24, 2.45) is 23.2 Å². The van der Waals surface area contributed by atoms with Gasteiger partial charge in [-0.25, -0.2) is 0 Å². The molecule has 4 aliphatic rings. The lowest BCUT2D eigenvalue weighted by atomic mass is 9.48. The van der Waals surface area contributed by atoms with E-state index in [-0.39, 0.29) is 11.9 Å². The number of hydrogen-bond acceptors (Lipinski definition) is 6. The summed E-state index contributed by atoms with van der Waals surface area (Å²) in [7, 11) is 0. The summed E-state index contributed by atoms with van der Waals surface area (Å²) in [6.45, 7) is 8.16. The minimum Gasteiger partial charge on any atom is -0.352 e. The molecular formula is C20H29N3OS3. The zero-order valence-corrected chi connectivity index (χ0v) is 18.7. The Morgan fingerprint density at radius 3 is 2.19 bits per heavy atom. The van der Waals surface area contributed by atoms with Crippen LogP contribution in [0.25, 0.3) is 0 Å². The summed E-state index contributed by atoms with van der Waals surface area (Å²) in [5.74, 6) is 4.18. The van der Waals surface area contributed by atoms with Gasteiger partial charge in [0.25, 0.3) is 0 Å². The average Bonchev–Trinajstić information content (AvgIpc) is 3.05. The smallest absolute Gasteiger partial charge is 0.230 e. The van der Waals surface area contributed by atoms with E-state index in [0.29, 0.717) is 11.2 Å². The monoisotopic (exact) mass is 423 g/mol. The number of nitrogens with zero attached hydrogens (tertiary/aromatic N) is 2. The van der Waals surface area contributed by atoms with E-state index in [4.69, 9.17) is 0 Å². The van der Waals surface area contributed by atoms with Crippen molar-refractivity contribution in [3.8, 4) is 0 Å². The lowest BCUT2D eigenvalue weighted by Crippen LogP contribution is -2.56. The number of rotatable bonds is 8. The Kier molecular flexibility index (Phi) is 5.91. The number of hydrogen-bond donors (Lipinski definition) is 1. The Morgan fingerprint density at radius 1 is 1.15 bits per heavy atom. The third kappa shape index (κ3) is 4.56. The molecule has 4 saturated carbocycles. The number of aromatic nitrogens is 2. The fraction of sp³-hybridized carbons (Fsp3) is 0.750. The second-order valence-corrected chi connectivity index (χ2v) is 12.4. The highest BCUT2D eigenvalue weighted by Gasteiger charge is 2.53. The van der Waals surface area contributed by atoms with E-state index in [0.717, 1.165) is 37.8 Å². The van der Waals surface area contributed by atoms with Crippen LogP contribution >= 0.6 is 34.9 Å². The average molecular weight is 424 g/mol. The molecule has 27 heavy (non-hydrogen) atoms. The van der Waals surface area contributed by atoms with Gasteiger partial charge in [0.05, 0.1) is 5.75 Å². The lowest BCUT2D eigenvalue weighted by Gasteiger charge is -2.59. The SMILES string of the molecule is C=C(C)CSc1nnc(SCC(=O)N[C@@H](C)C23CC4CC(CC(C4)C2)C3)s1. The van der Waals surface area contributed by atoms with Gasteiger partial charge in [-0.05, 0) is 75.5 Å². The first-order valence-electron chi connectivity index (χ1n) is 9.95. The zero-order chi connectivity index (χ0) is 19.0. The van der Waals surface area contributed by atoms with Crippen molar-refractivity contribution in [2.75, 3.05) is 11.5 Å². The maximum Gasteiger partial charge on any atom is 0.230 e. The van der Waals surface area contributed by atoms with E-state index < -0.39 is 0 Å². The predicted octanol–water partition coefficient (Wildman–Crippen LogP) is 5.02. The van der Waals surface area contributed by atoms with E-state index in [1.807, 2.05) is 6.92 Å². The van der Waals surface area contributed by atoms with Gasteiger partial charge in [-0.2, -0.15) is 0 Å². The molecule has 1 amide bonds. The molecule has 4 fully saturated rings. The molecular weight excluding hydrogens is 394 g/mol. The van der Waals surface area contributed by atoms with Gasteiger partial charge >= 0.3 is 0 Å². The molecule has 0 spiro atoms. The molecule has 5 rings (SSSR count). The minimum atomic E-state index is 0.134. The number of amides is 1. The van der Waals surface area contributed by atoms with Crippen LogP contribution < -0.4 is 5.32 Å². The second kappa shape index (κ2) is 8.07. The fourth-order valence-electron chi connectivity index (χ4n) is 5.77. The lowest BCUT2D eigenvalue weighted by molar-refractivity contribution is -0.123. The number of nitrogens with one attached hydrogen (secondary N) is 1. The third-order valence-corrected chi connectivity index (χ3v) is 9.96. The predicted molar refractivity (Wildman–Crippen MR) is 114 cm³/mol. The first-order valence-corrected chi connectivity index (χ1v) is 12.7. The van der Waals surface area contributed by atoms with Gasteiger partial charge in [-0.15, -0.1) is 10.2 Å². The molecule has 0 unspecified atom stereocenters. The topological polar surface area (TPSA) is 54.9 Å². The van der Waals surface area contributed by atoms with Gasteiger partial charge in [-0.1, -0.05) is 47.0 Å². The van der Waals surface area contributed by atoms with Gasteiger partial charge in [0.2, 0.25) is 5.91 Å². The van der Waals surface area contributed by atoms with Crippen molar-refractivity contribution in [3.05, 3.63) is 12.2 Å². The first-order chi connectivity index (χ1) is 12.9. The normalized spacial score (nSPS) is 32.4. The van der Waals surface area contributed by atoms with Crippen LogP contribution in [0.1, 0.15) is 52.4 Å². The third-order valence-electron chi connectivity index (χ3n) is 6.54. The summed E-state index contributed by atoms with van der Waals surface area (Å²) in [4.78, 5) is 12.5. The molecule has 4 aliphatic carbocycles. The van der Waals surface area contributed by atoms with Gasteiger partial charge in [0, 0.05) is 11.8 Å². The molecule has 4 bridgehead atoms. The van der Waals surface area contributed by atoms with Crippen molar-refractivity contribution in [1.29, 1.82) is 0 Å². The molecule has 1 heterocycles. The highest BCUT2D eigenvalue weighted by molar-refractivity contribution is 8.03. The molecule has 148 valence electrons. The Morgan fingerprint density at radius 2 is 1.67 bits per heavy atom. The highest BCUT2D eigenvalue weighted by Crippen LogP contribution is 2.61. The van der Waals surface area contributed by atoms with Crippen molar-refractivity contribution in [1.82, 2.24) is 15.5 Å². The second-order valence-electron chi connectivity index (χ2n) is 8.94. The van der Waals surface area contributed by atoms with Crippen LogP contribution in [-0.4, -0.2) is 33.7 Å². The zero-order valence-electron chi connectivity index (χ0n) is 16.2. The summed E-state index contributed by atoms with van der Waals surface area (Å²) < 4.78 is 1.82. The molecule has 0 aliphatic heterocycles. The summed E-state index contributed by atoms with van der Waals surface area (Å²) in [5.41, 5.74) is 1.49. The van der Waals surface area contributed by atoms with Crippen molar-refractivity contribution in [2.45, 2.75) is 67.1 Å². The molecule has 4 nitrogen and oxygen atoms in total. The van der Waals surface area contributed by atoms with Gasteiger partial charge in [0.1, 0.15) is 0 Å². The number of thioether (sulfide) groups is 2. The molecule has 1 atom stereocenters. The number of carbonyl (C=O) groups is 1. The molecule has 7 heteroatoms. The first kappa shape index (κ1) is 19.8. The van der Waals surface area contributed by atoms with Crippen LogP contribution in [0.5, 0.6) is 0 Å². The van der Waals surface area contributed by atoms with Crippen LogP contribution in [-0.2, 0) is 4.79 Å². The van der Waals surface area contributed by atoms with Gasteiger partial charge < -0.3 is 5.32 Å². The quantitative estimate of drug-likeness (QED) is 0.470. The van der Waals surface area contributed by atoms with Crippen LogP contribution in [0.4, 0.5) is 0 Å². The Hall–Kier alpha value is -0.530. The van der Waals surface area contributed by atoms with Crippen molar-refractivity contribution in [3.63, 3.8) is 0 Å². The Labute approximate surface area is 174 Å². The molecule has 1 aromatic heterocycles. The largest absolute Gasteiger partial charge is 0.352 e. The van der Waals surface area contributed by atoms with E-state index >= 15 is 0 Å². The van der Waals surface area contributed by atoms with Crippen molar-refractivity contribution < 1.29 is 4.79 Å².